The second-order valence-corrected chi connectivity index (χ2v) is 5.24. The van der Waals surface area contributed by atoms with Gasteiger partial charge in [-0.25, -0.2) is 0 Å². The molecule has 0 saturated heterocycles. The number of alkyl halides is 1. The number of ether oxygens (including phenoxy) is 3. The molecule has 1 aromatic heterocycles. The monoisotopic (exact) mass is 360 g/mol. The number of furan rings is 1. The second-order valence-electron chi connectivity index (χ2n) is 3.95. The third kappa shape index (κ3) is 2.88. The molecule has 108 valence electrons. The van der Waals surface area contributed by atoms with Crippen LogP contribution in [0.25, 0.3) is 0 Å². The van der Waals surface area contributed by atoms with Crippen LogP contribution in [-0.4, -0.2) is 21.3 Å². The maximum absolute atomic E-state index is 5.82. The highest BCUT2D eigenvalue weighted by atomic mass is 79.9. The van der Waals surface area contributed by atoms with E-state index in [-0.39, 0.29) is 4.83 Å². The zero-order valence-corrected chi connectivity index (χ0v) is 13.6. The third-order valence-electron chi connectivity index (χ3n) is 2.85. The standard InChI is InChI=1S/C14H14BrClO4/c1-17-8-6-10(18-2)13(11(7-8)19-3)14(15)9-4-5-12(16)20-9/h4-7,14H,1-3H3. The van der Waals surface area contributed by atoms with Crippen LogP contribution < -0.4 is 14.2 Å². The van der Waals surface area contributed by atoms with Gasteiger partial charge in [0.1, 0.15) is 27.8 Å². The van der Waals surface area contributed by atoms with Gasteiger partial charge in [0.2, 0.25) is 0 Å². The van der Waals surface area contributed by atoms with Gasteiger partial charge in [-0.05, 0) is 23.7 Å². The summed E-state index contributed by atoms with van der Waals surface area (Å²) in [4.78, 5) is -0.245. The van der Waals surface area contributed by atoms with Crippen molar-refractivity contribution in [3.63, 3.8) is 0 Å². The molecule has 0 aliphatic heterocycles. The van der Waals surface area contributed by atoms with E-state index in [0.29, 0.717) is 28.2 Å². The van der Waals surface area contributed by atoms with Gasteiger partial charge in [0.15, 0.2) is 5.22 Å². The van der Waals surface area contributed by atoms with Crippen molar-refractivity contribution in [3.05, 3.63) is 40.8 Å². The summed E-state index contributed by atoms with van der Waals surface area (Å²) in [5.41, 5.74) is 0.807. The average Bonchev–Trinajstić information content (AvgIpc) is 2.91. The summed E-state index contributed by atoms with van der Waals surface area (Å²) in [6, 6.07) is 7.06. The molecule has 0 fully saturated rings. The molecule has 2 aromatic rings. The number of hydrogen-bond acceptors (Lipinski definition) is 4. The lowest BCUT2D eigenvalue weighted by molar-refractivity contribution is 0.368. The summed E-state index contributed by atoms with van der Waals surface area (Å²) in [6.07, 6.45) is 0. The van der Waals surface area contributed by atoms with Crippen molar-refractivity contribution in [2.75, 3.05) is 21.3 Å². The molecule has 4 nitrogen and oxygen atoms in total. The molecule has 0 bridgehead atoms. The van der Waals surface area contributed by atoms with E-state index in [1.807, 2.05) is 0 Å². The molecule has 2 rings (SSSR count). The quantitative estimate of drug-likeness (QED) is 0.738. The summed E-state index contributed by atoms with van der Waals surface area (Å²) in [6.45, 7) is 0. The Morgan fingerprint density at radius 3 is 2.05 bits per heavy atom. The number of methoxy groups -OCH3 is 3. The lowest BCUT2D eigenvalue weighted by Gasteiger charge is -2.17. The van der Waals surface area contributed by atoms with Crippen LogP contribution in [0, 0.1) is 0 Å². The number of benzene rings is 1. The van der Waals surface area contributed by atoms with Crippen molar-refractivity contribution in [2.45, 2.75) is 4.83 Å². The van der Waals surface area contributed by atoms with Gasteiger partial charge in [-0.15, -0.1) is 0 Å². The van der Waals surface area contributed by atoms with E-state index in [1.165, 1.54) is 0 Å². The molecule has 0 aliphatic carbocycles. The van der Waals surface area contributed by atoms with Crippen LogP contribution in [0.2, 0.25) is 5.22 Å². The third-order valence-corrected chi connectivity index (χ3v) is 3.96. The minimum absolute atomic E-state index is 0.245. The van der Waals surface area contributed by atoms with Crippen molar-refractivity contribution < 1.29 is 18.6 Å². The van der Waals surface area contributed by atoms with Gasteiger partial charge in [0.25, 0.3) is 0 Å². The number of halogens is 2. The van der Waals surface area contributed by atoms with Gasteiger partial charge in [0.05, 0.1) is 26.9 Å². The first-order chi connectivity index (χ1) is 9.60. The highest BCUT2D eigenvalue weighted by Crippen LogP contribution is 2.45. The normalized spacial score (nSPS) is 12.1. The molecule has 20 heavy (non-hydrogen) atoms. The van der Waals surface area contributed by atoms with E-state index in [1.54, 1.807) is 45.6 Å². The molecule has 1 atom stereocenters. The van der Waals surface area contributed by atoms with Crippen molar-refractivity contribution in [3.8, 4) is 17.2 Å². The van der Waals surface area contributed by atoms with E-state index in [0.717, 1.165) is 5.56 Å². The molecule has 0 N–H and O–H groups in total. The smallest absolute Gasteiger partial charge is 0.193 e. The second kappa shape index (κ2) is 6.41. The van der Waals surface area contributed by atoms with E-state index in [4.69, 9.17) is 30.2 Å². The predicted octanol–water partition coefficient (Wildman–Crippen LogP) is 4.44. The summed E-state index contributed by atoms with van der Waals surface area (Å²) >= 11 is 9.40. The molecule has 1 heterocycles. The first kappa shape index (κ1) is 15.1. The first-order valence-electron chi connectivity index (χ1n) is 5.80. The van der Waals surface area contributed by atoms with Gasteiger partial charge in [-0.3, -0.25) is 0 Å². The Kier molecular flexibility index (Phi) is 4.83. The fourth-order valence-corrected chi connectivity index (χ4v) is 2.74. The minimum atomic E-state index is -0.245. The largest absolute Gasteiger partial charge is 0.496 e. The van der Waals surface area contributed by atoms with Crippen molar-refractivity contribution >= 4 is 27.5 Å². The fraction of sp³-hybridized carbons (Fsp3) is 0.286. The Hall–Kier alpha value is -1.33. The Morgan fingerprint density at radius 1 is 1.05 bits per heavy atom. The molecule has 0 radical (unpaired) electrons. The fourth-order valence-electron chi connectivity index (χ4n) is 1.89. The Morgan fingerprint density at radius 2 is 1.65 bits per heavy atom. The highest BCUT2D eigenvalue weighted by Gasteiger charge is 2.24. The van der Waals surface area contributed by atoms with Crippen LogP contribution >= 0.6 is 27.5 Å². The van der Waals surface area contributed by atoms with Crippen LogP contribution in [0.1, 0.15) is 16.2 Å². The van der Waals surface area contributed by atoms with E-state index in [2.05, 4.69) is 15.9 Å². The zero-order valence-electron chi connectivity index (χ0n) is 11.3. The van der Waals surface area contributed by atoms with E-state index in [9.17, 15) is 0 Å². The summed E-state index contributed by atoms with van der Waals surface area (Å²) in [7, 11) is 4.77. The highest BCUT2D eigenvalue weighted by molar-refractivity contribution is 9.09. The van der Waals surface area contributed by atoms with Crippen LogP contribution in [0.4, 0.5) is 0 Å². The predicted molar refractivity (Wildman–Crippen MR) is 80.6 cm³/mol. The molecule has 0 aliphatic rings. The molecule has 1 aromatic carbocycles. The zero-order chi connectivity index (χ0) is 14.7. The van der Waals surface area contributed by atoms with Gasteiger partial charge < -0.3 is 18.6 Å². The molecule has 1 unspecified atom stereocenters. The molecule has 0 spiro atoms. The van der Waals surface area contributed by atoms with Crippen molar-refractivity contribution in [1.82, 2.24) is 0 Å². The van der Waals surface area contributed by atoms with E-state index < -0.39 is 0 Å². The Bertz CT molecular complexity index is 572. The van der Waals surface area contributed by atoms with Gasteiger partial charge in [0, 0.05) is 12.1 Å². The van der Waals surface area contributed by atoms with Crippen LogP contribution in [0.15, 0.2) is 28.7 Å². The summed E-state index contributed by atoms with van der Waals surface area (Å²) < 4.78 is 21.5. The summed E-state index contributed by atoms with van der Waals surface area (Å²) in [5.74, 6) is 2.59. The van der Waals surface area contributed by atoms with Crippen LogP contribution in [0.3, 0.4) is 0 Å². The summed E-state index contributed by atoms with van der Waals surface area (Å²) in [5, 5.41) is 0.330. The molecule has 0 saturated carbocycles. The topological polar surface area (TPSA) is 40.8 Å². The van der Waals surface area contributed by atoms with Crippen LogP contribution in [-0.2, 0) is 0 Å². The van der Waals surface area contributed by atoms with Crippen molar-refractivity contribution in [1.29, 1.82) is 0 Å². The molecule has 6 heteroatoms. The molecular weight excluding hydrogens is 348 g/mol. The lowest BCUT2D eigenvalue weighted by Crippen LogP contribution is -2.01. The van der Waals surface area contributed by atoms with Crippen molar-refractivity contribution in [2.24, 2.45) is 0 Å². The van der Waals surface area contributed by atoms with Gasteiger partial charge >= 0.3 is 0 Å². The lowest BCUT2D eigenvalue weighted by atomic mass is 10.1. The molecule has 0 amide bonds. The van der Waals surface area contributed by atoms with Gasteiger partial charge in [-0.2, -0.15) is 0 Å². The van der Waals surface area contributed by atoms with E-state index >= 15 is 0 Å². The van der Waals surface area contributed by atoms with Crippen LogP contribution in [0.5, 0.6) is 17.2 Å². The minimum Gasteiger partial charge on any atom is -0.496 e. The maximum Gasteiger partial charge on any atom is 0.193 e. The Balaban J connectivity index is 2.53. The number of rotatable bonds is 5. The maximum atomic E-state index is 5.82. The Labute approximate surface area is 130 Å². The van der Waals surface area contributed by atoms with Gasteiger partial charge in [-0.1, -0.05) is 15.9 Å². The molecular formula is C14H14BrClO4. The first-order valence-corrected chi connectivity index (χ1v) is 7.09. The average molecular weight is 362 g/mol. The SMILES string of the molecule is COc1cc(OC)c(C(Br)c2ccc(Cl)o2)c(OC)c1. The number of hydrogen-bond donors (Lipinski definition) is 0.